The highest BCUT2D eigenvalue weighted by atomic mass is 79.9. The van der Waals surface area contributed by atoms with E-state index in [1.807, 2.05) is 0 Å². The molecule has 4 heteroatoms. The van der Waals surface area contributed by atoms with Crippen LogP contribution in [0.5, 0.6) is 5.75 Å². The molecule has 1 aliphatic rings. The Kier molecular flexibility index (Phi) is 4.05. The lowest BCUT2D eigenvalue weighted by molar-refractivity contribution is -0.0340. The Bertz CT molecular complexity index is 389. The summed E-state index contributed by atoms with van der Waals surface area (Å²) < 4.78 is 19.0. The van der Waals surface area contributed by atoms with Gasteiger partial charge in [0.25, 0.3) is 0 Å². The average Bonchev–Trinajstić information content (AvgIpc) is 2.29. The molecule has 0 atom stereocenters. The lowest BCUT2D eigenvalue weighted by atomic mass is 9.85. The molecule has 1 aromatic rings. The zero-order valence-electron chi connectivity index (χ0n) is 9.59. The second-order valence-electron chi connectivity index (χ2n) is 4.65. The van der Waals surface area contributed by atoms with Crippen molar-refractivity contribution in [2.24, 2.45) is 0 Å². The summed E-state index contributed by atoms with van der Waals surface area (Å²) in [5.74, 6) is 0.269. The first-order valence-corrected chi connectivity index (χ1v) is 6.69. The fourth-order valence-electron chi connectivity index (χ4n) is 2.16. The fraction of sp³-hybridized carbons (Fsp3) is 0.538. The Morgan fingerprint density at radius 1 is 1.29 bits per heavy atom. The number of halogens is 2. The van der Waals surface area contributed by atoms with Gasteiger partial charge in [-0.1, -0.05) is 19.3 Å². The minimum absolute atomic E-state index is 0.275. The van der Waals surface area contributed by atoms with Crippen LogP contribution in [0, 0.1) is 5.82 Å². The zero-order chi connectivity index (χ0) is 12.3. The van der Waals surface area contributed by atoms with Crippen LogP contribution in [0.2, 0.25) is 0 Å². The maximum Gasteiger partial charge on any atom is 0.133 e. The van der Waals surface area contributed by atoms with Crippen LogP contribution >= 0.6 is 15.9 Å². The van der Waals surface area contributed by atoms with E-state index in [0.717, 1.165) is 25.7 Å². The van der Waals surface area contributed by atoms with Crippen molar-refractivity contribution in [2.75, 3.05) is 6.61 Å². The first-order valence-electron chi connectivity index (χ1n) is 5.89. The van der Waals surface area contributed by atoms with Crippen LogP contribution in [-0.2, 0) is 0 Å². The third-order valence-electron chi connectivity index (χ3n) is 3.17. The Labute approximate surface area is 109 Å². The van der Waals surface area contributed by atoms with Gasteiger partial charge in [0.05, 0.1) is 10.1 Å². The number of hydrogen-bond donors (Lipinski definition) is 1. The van der Waals surface area contributed by atoms with Crippen molar-refractivity contribution in [2.45, 2.75) is 37.7 Å². The summed E-state index contributed by atoms with van der Waals surface area (Å²) >= 11 is 3.24. The molecule has 0 aliphatic heterocycles. The predicted molar refractivity (Wildman–Crippen MR) is 67.6 cm³/mol. The number of ether oxygens (including phenoxy) is 1. The van der Waals surface area contributed by atoms with E-state index in [1.165, 1.54) is 18.6 Å². The summed E-state index contributed by atoms with van der Waals surface area (Å²) in [5, 5.41) is 10.3. The summed E-state index contributed by atoms with van der Waals surface area (Å²) in [5.41, 5.74) is -0.716. The van der Waals surface area contributed by atoms with Gasteiger partial charge >= 0.3 is 0 Å². The Balaban J connectivity index is 1.97. The summed E-state index contributed by atoms with van der Waals surface area (Å²) in [6.07, 6.45) is 4.84. The molecular weight excluding hydrogens is 287 g/mol. The molecule has 2 rings (SSSR count). The molecule has 0 spiro atoms. The topological polar surface area (TPSA) is 29.5 Å². The van der Waals surface area contributed by atoms with Crippen LogP contribution in [0.4, 0.5) is 4.39 Å². The highest BCUT2D eigenvalue weighted by molar-refractivity contribution is 9.10. The highest BCUT2D eigenvalue weighted by Crippen LogP contribution is 2.31. The van der Waals surface area contributed by atoms with Gasteiger partial charge in [0, 0.05) is 0 Å². The van der Waals surface area contributed by atoms with Crippen molar-refractivity contribution in [3.8, 4) is 5.75 Å². The van der Waals surface area contributed by atoms with Crippen LogP contribution in [0.15, 0.2) is 22.7 Å². The van der Waals surface area contributed by atoms with Crippen molar-refractivity contribution in [3.63, 3.8) is 0 Å². The van der Waals surface area contributed by atoms with Crippen LogP contribution in [-0.4, -0.2) is 17.3 Å². The van der Waals surface area contributed by atoms with E-state index in [0.29, 0.717) is 10.2 Å². The van der Waals surface area contributed by atoms with Crippen LogP contribution in [0.25, 0.3) is 0 Å². The Hall–Kier alpha value is -0.610. The Morgan fingerprint density at radius 2 is 2.00 bits per heavy atom. The first-order chi connectivity index (χ1) is 8.09. The summed E-state index contributed by atoms with van der Waals surface area (Å²) in [7, 11) is 0. The van der Waals surface area contributed by atoms with Gasteiger partial charge in [-0.25, -0.2) is 4.39 Å². The smallest absolute Gasteiger partial charge is 0.133 e. The summed E-state index contributed by atoms with van der Waals surface area (Å²) in [6.45, 7) is 0.275. The fourth-order valence-corrected chi connectivity index (χ4v) is 2.62. The first kappa shape index (κ1) is 12.8. The molecule has 0 aromatic heterocycles. The van der Waals surface area contributed by atoms with Crippen LogP contribution < -0.4 is 4.74 Å². The SMILES string of the molecule is OC1(COc2ccc(F)cc2Br)CCCCC1. The number of rotatable bonds is 3. The second-order valence-corrected chi connectivity index (χ2v) is 5.50. The second kappa shape index (κ2) is 5.36. The molecule has 1 saturated carbocycles. The average molecular weight is 303 g/mol. The largest absolute Gasteiger partial charge is 0.489 e. The molecule has 0 amide bonds. The van der Waals surface area contributed by atoms with Gasteiger partial charge in [-0.05, 0) is 47.0 Å². The molecule has 0 radical (unpaired) electrons. The van der Waals surface area contributed by atoms with Gasteiger partial charge in [0.2, 0.25) is 0 Å². The van der Waals surface area contributed by atoms with E-state index < -0.39 is 5.60 Å². The third-order valence-corrected chi connectivity index (χ3v) is 3.79. The van der Waals surface area contributed by atoms with Crippen LogP contribution in [0.1, 0.15) is 32.1 Å². The molecule has 0 bridgehead atoms. The van der Waals surface area contributed by atoms with Gasteiger partial charge in [0.1, 0.15) is 18.2 Å². The lowest BCUT2D eigenvalue weighted by Gasteiger charge is -2.31. The molecule has 1 aromatic carbocycles. The maximum atomic E-state index is 12.9. The molecule has 1 N–H and O–H groups in total. The molecule has 94 valence electrons. The van der Waals surface area contributed by atoms with Crippen molar-refractivity contribution < 1.29 is 14.2 Å². The molecular formula is C13H16BrFO2. The van der Waals surface area contributed by atoms with E-state index in [9.17, 15) is 9.50 Å². The quantitative estimate of drug-likeness (QED) is 0.923. The van der Waals surface area contributed by atoms with Crippen molar-refractivity contribution in [1.82, 2.24) is 0 Å². The van der Waals surface area contributed by atoms with E-state index in [2.05, 4.69) is 15.9 Å². The highest BCUT2D eigenvalue weighted by Gasteiger charge is 2.30. The van der Waals surface area contributed by atoms with Crippen molar-refractivity contribution >= 4 is 15.9 Å². The molecule has 0 unspecified atom stereocenters. The van der Waals surface area contributed by atoms with E-state index in [-0.39, 0.29) is 12.4 Å². The minimum Gasteiger partial charge on any atom is -0.489 e. The Morgan fingerprint density at radius 3 is 2.65 bits per heavy atom. The third kappa shape index (κ3) is 3.42. The number of hydrogen-bond acceptors (Lipinski definition) is 2. The number of aliphatic hydroxyl groups is 1. The zero-order valence-corrected chi connectivity index (χ0v) is 11.2. The predicted octanol–water partition coefficient (Wildman–Crippen LogP) is 3.66. The molecule has 1 aliphatic carbocycles. The normalized spacial score (nSPS) is 19.0. The summed E-state index contributed by atoms with van der Waals surface area (Å²) in [4.78, 5) is 0. The number of benzene rings is 1. The van der Waals surface area contributed by atoms with Crippen LogP contribution in [0.3, 0.4) is 0 Å². The van der Waals surface area contributed by atoms with E-state index in [1.54, 1.807) is 6.07 Å². The van der Waals surface area contributed by atoms with Gasteiger partial charge in [-0.15, -0.1) is 0 Å². The van der Waals surface area contributed by atoms with Gasteiger partial charge in [-0.3, -0.25) is 0 Å². The van der Waals surface area contributed by atoms with Gasteiger partial charge < -0.3 is 9.84 Å². The molecule has 2 nitrogen and oxygen atoms in total. The molecule has 0 saturated heterocycles. The monoisotopic (exact) mass is 302 g/mol. The van der Waals surface area contributed by atoms with E-state index in [4.69, 9.17) is 4.74 Å². The van der Waals surface area contributed by atoms with Gasteiger partial charge in [0.15, 0.2) is 0 Å². The standard InChI is InChI=1S/C13H16BrFO2/c14-11-8-10(15)4-5-12(11)17-9-13(16)6-2-1-3-7-13/h4-5,8,16H,1-3,6-7,9H2. The molecule has 0 heterocycles. The van der Waals surface area contributed by atoms with Crippen molar-refractivity contribution in [3.05, 3.63) is 28.5 Å². The van der Waals surface area contributed by atoms with Gasteiger partial charge in [-0.2, -0.15) is 0 Å². The van der Waals surface area contributed by atoms with E-state index >= 15 is 0 Å². The lowest BCUT2D eigenvalue weighted by Crippen LogP contribution is -2.37. The maximum absolute atomic E-state index is 12.9. The minimum atomic E-state index is -0.716. The molecule has 17 heavy (non-hydrogen) atoms. The molecule has 1 fully saturated rings. The van der Waals surface area contributed by atoms with Crippen molar-refractivity contribution in [1.29, 1.82) is 0 Å². The summed E-state index contributed by atoms with van der Waals surface area (Å²) in [6, 6.07) is 4.29.